The number of methoxy groups -OCH3 is 1. The van der Waals surface area contributed by atoms with E-state index in [1.165, 1.54) is 0 Å². The topological polar surface area (TPSA) is 38.3 Å². The number of rotatable bonds is 5. The van der Waals surface area contributed by atoms with Crippen molar-refractivity contribution < 1.29 is 9.53 Å². The van der Waals surface area contributed by atoms with Gasteiger partial charge in [0.2, 0.25) is 0 Å². The van der Waals surface area contributed by atoms with Crippen molar-refractivity contribution in [3.05, 3.63) is 101 Å². The van der Waals surface area contributed by atoms with Crippen molar-refractivity contribution in [2.45, 2.75) is 19.9 Å². The van der Waals surface area contributed by atoms with Crippen LogP contribution in [0.15, 0.2) is 72.8 Å². The molecule has 3 heteroatoms. The van der Waals surface area contributed by atoms with Crippen LogP contribution in [0.1, 0.15) is 38.7 Å². The minimum absolute atomic E-state index is 0.105. The second kappa shape index (κ2) is 7.87. The molecular weight excluding hydrogens is 322 g/mol. The average Bonchev–Trinajstić information content (AvgIpc) is 2.66. The molecule has 0 fully saturated rings. The van der Waals surface area contributed by atoms with Gasteiger partial charge in [0.1, 0.15) is 5.75 Å². The first-order chi connectivity index (χ1) is 12.6. The van der Waals surface area contributed by atoms with E-state index < -0.39 is 0 Å². The summed E-state index contributed by atoms with van der Waals surface area (Å²) >= 11 is 0. The van der Waals surface area contributed by atoms with Crippen molar-refractivity contribution in [2.75, 3.05) is 7.11 Å². The first-order valence-corrected chi connectivity index (χ1v) is 8.65. The van der Waals surface area contributed by atoms with E-state index in [0.29, 0.717) is 5.56 Å². The van der Waals surface area contributed by atoms with Gasteiger partial charge in [0.15, 0.2) is 0 Å². The molecule has 0 radical (unpaired) electrons. The molecule has 1 atom stereocenters. The van der Waals surface area contributed by atoms with E-state index in [1.54, 1.807) is 13.2 Å². The molecule has 1 N–H and O–H groups in total. The molecule has 0 aromatic heterocycles. The Kier molecular flexibility index (Phi) is 5.37. The molecule has 3 rings (SSSR count). The third-order valence-corrected chi connectivity index (χ3v) is 4.44. The lowest BCUT2D eigenvalue weighted by atomic mass is 9.97. The predicted molar refractivity (Wildman–Crippen MR) is 105 cm³/mol. The number of nitrogens with one attached hydrogen (secondary N) is 1. The van der Waals surface area contributed by atoms with E-state index in [-0.39, 0.29) is 11.9 Å². The van der Waals surface area contributed by atoms with Gasteiger partial charge in [-0.3, -0.25) is 4.79 Å². The Bertz CT molecular complexity index is 903. The maximum absolute atomic E-state index is 12.9. The molecule has 26 heavy (non-hydrogen) atoms. The molecule has 132 valence electrons. The number of carbonyl (C=O) groups is 1. The molecule has 1 amide bonds. The second-order valence-corrected chi connectivity index (χ2v) is 6.42. The summed E-state index contributed by atoms with van der Waals surface area (Å²) in [6.45, 7) is 3.99. The summed E-state index contributed by atoms with van der Waals surface area (Å²) < 4.78 is 5.28. The van der Waals surface area contributed by atoms with Gasteiger partial charge in [0.25, 0.3) is 5.91 Å². The Morgan fingerprint density at radius 3 is 2.27 bits per heavy atom. The van der Waals surface area contributed by atoms with Crippen molar-refractivity contribution >= 4 is 5.91 Å². The highest BCUT2D eigenvalue weighted by Crippen LogP contribution is 2.24. The van der Waals surface area contributed by atoms with Crippen molar-refractivity contribution in [2.24, 2.45) is 0 Å². The first kappa shape index (κ1) is 17.7. The highest BCUT2D eigenvalue weighted by molar-refractivity contribution is 5.95. The average molecular weight is 345 g/mol. The van der Waals surface area contributed by atoms with Gasteiger partial charge in [-0.05, 0) is 48.7 Å². The fourth-order valence-electron chi connectivity index (χ4n) is 3.09. The molecule has 0 aliphatic rings. The molecule has 3 aromatic rings. The van der Waals surface area contributed by atoms with Crippen molar-refractivity contribution in [3.63, 3.8) is 0 Å². The third-order valence-electron chi connectivity index (χ3n) is 4.44. The summed E-state index contributed by atoms with van der Waals surface area (Å²) in [4.78, 5) is 12.9. The van der Waals surface area contributed by atoms with E-state index in [9.17, 15) is 4.79 Å². The maximum Gasteiger partial charge on any atom is 0.252 e. The molecule has 0 saturated carbocycles. The van der Waals surface area contributed by atoms with E-state index in [1.807, 2.05) is 61.5 Å². The van der Waals surface area contributed by atoms with Crippen LogP contribution in [0.2, 0.25) is 0 Å². The summed E-state index contributed by atoms with van der Waals surface area (Å²) in [5, 5.41) is 3.18. The van der Waals surface area contributed by atoms with Gasteiger partial charge in [0.05, 0.1) is 13.2 Å². The zero-order chi connectivity index (χ0) is 18.5. The molecule has 0 aliphatic carbocycles. The summed E-state index contributed by atoms with van der Waals surface area (Å²) in [6.07, 6.45) is 0. The second-order valence-electron chi connectivity index (χ2n) is 6.42. The third kappa shape index (κ3) is 3.94. The van der Waals surface area contributed by atoms with Crippen LogP contribution >= 0.6 is 0 Å². The highest BCUT2D eigenvalue weighted by atomic mass is 16.5. The normalized spacial score (nSPS) is 11.7. The van der Waals surface area contributed by atoms with Crippen LogP contribution in [0, 0.1) is 13.8 Å². The number of benzene rings is 3. The van der Waals surface area contributed by atoms with Crippen molar-refractivity contribution in [1.29, 1.82) is 0 Å². The number of ether oxygens (including phenoxy) is 1. The molecular formula is C23H23NO2. The van der Waals surface area contributed by atoms with E-state index >= 15 is 0 Å². The van der Waals surface area contributed by atoms with Gasteiger partial charge in [-0.1, -0.05) is 60.2 Å². The maximum atomic E-state index is 12.9. The summed E-state index contributed by atoms with van der Waals surface area (Å²) in [5.41, 5.74) is 4.84. The van der Waals surface area contributed by atoms with Gasteiger partial charge in [0, 0.05) is 5.56 Å². The fraction of sp³-hybridized carbons (Fsp3) is 0.174. The Morgan fingerprint density at radius 2 is 1.62 bits per heavy atom. The molecule has 0 heterocycles. The number of hydrogen-bond donors (Lipinski definition) is 1. The standard InChI is InChI=1S/C23H23NO2/c1-16-8-7-11-19(14-16)22(18-9-5-4-6-10-18)24-23(25)20-12-13-21(26-3)17(2)15-20/h4-15,22H,1-3H3,(H,24,25). The van der Waals surface area contributed by atoms with Gasteiger partial charge >= 0.3 is 0 Å². The minimum Gasteiger partial charge on any atom is -0.496 e. The lowest BCUT2D eigenvalue weighted by Gasteiger charge is -2.21. The SMILES string of the molecule is COc1ccc(C(=O)NC(c2ccccc2)c2cccc(C)c2)cc1C. The van der Waals surface area contributed by atoms with Crippen LogP contribution in [0.5, 0.6) is 5.75 Å². The Hall–Kier alpha value is -3.07. The smallest absolute Gasteiger partial charge is 0.252 e. The molecule has 0 aliphatic heterocycles. The zero-order valence-electron chi connectivity index (χ0n) is 15.3. The molecule has 0 saturated heterocycles. The van der Waals surface area contributed by atoms with Crippen LogP contribution in [-0.4, -0.2) is 13.0 Å². The van der Waals surface area contributed by atoms with Crippen LogP contribution in [0.4, 0.5) is 0 Å². The number of aryl methyl sites for hydroxylation is 2. The van der Waals surface area contributed by atoms with Crippen LogP contribution in [-0.2, 0) is 0 Å². The van der Waals surface area contributed by atoms with Crippen molar-refractivity contribution in [1.82, 2.24) is 5.32 Å². The van der Waals surface area contributed by atoms with Crippen molar-refractivity contribution in [3.8, 4) is 5.75 Å². The lowest BCUT2D eigenvalue weighted by molar-refractivity contribution is 0.0943. The van der Waals surface area contributed by atoms with Crippen LogP contribution in [0.3, 0.4) is 0 Å². The highest BCUT2D eigenvalue weighted by Gasteiger charge is 2.18. The predicted octanol–water partition coefficient (Wildman–Crippen LogP) is 4.83. The lowest BCUT2D eigenvalue weighted by Crippen LogP contribution is -2.29. The minimum atomic E-state index is -0.203. The largest absolute Gasteiger partial charge is 0.496 e. The fourth-order valence-corrected chi connectivity index (χ4v) is 3.09. The van der Waals surface area contributed by atoms with Crippen LogP contribution < -0.4 is 10.1 Å². The van der Waals surface area contributed by atoms with E-state index in [2.05, 4.69) is 24.4 Å². The molecule has 1 unspecified atom stereocenters. The summed E-state index contributed by atoms with van der Waals surface area (Å²) in [5.74, 6) is 0.672. The summed E-state index contributed by atoms with van der Waals surface area (Å²) in [7, 11) is 1.63. The van der Waals surface area contributed by atoms with Gasteiger partial charge in [-0.25, -0.2) is 0 Å². The molecule has 0 spiro atoms. The number of hydrogen-bond acceptors (Lipinski definition) is 2. The Balaban J connectivity index is 1.93. The first-order valence-electron chi connectivity index (χ1n) is 8.65. The Labute approximate surface area is 154 Å². The molecule has 0 bridgehead atoms. The monoisotopic (exact) mass is 345 g/mol. The number of carbonyl (C=O) groups excluding carboxylic acids is 1. The quantitative estimate of drug-likeness (QED) is 0.719. The van der Waals surface area contributed by atoms with Crippen LogP contribution in [0.25, 0.3) is 0 Å². The number of amides is 1. The molecule has 3 nitrogen and oxygen atoms in total. The zero-order valence-corrected chi connectivity index (χ0v) is 15.3. The van der Waals surface area contributed by atoms with Gasteiger partial charge in [-0.2, -0.15) is 0 Å². The van der Waals surface area contributed by atoms with E-state index in [4.69, 9.17) is 4.74 Å². The molecule has 3 aromatic carbocycles. The van der Waals surface area contributed by atoms with Gasteiger partial charge < -0.3 is 10.1 Å². The van der Waals surface area contributed by atoms with Gasteiger partial charge in [-0.15, -0.1) is 0 Å². The summed E-state index contributed by atoms with van der Waals surface area (Å²) in [6, 6.07) is 23.5. The van der Waals surface area contributed by atoms with E-state index in [0.717, 1.165) is 28.0 Å². The Morgan fingerprint density at radius 1 is 0.885 bits per heavy atom.